The molecule has 2 heterocycles. The van der Waals surface area contributed by atoms with E-state index in [0.717, 1.165) is 5.82 Å². The average molecular weight is 219 g/mol. The predicted octanol–water partition coefficient (Wildman–Crippen LogP) is 2.41. The Balaban J connectivity index is 2.11. The molecule has 16 heavy (non-hydrogen) atoms. The van der Waals surface area contributed by atoms with Crippen LogP contribution in [0.1, 0.15) is 50.0 Å². The smallest absolute Gasteiger partial charge is 0.131 e. The summed E-state index contributed by atoms with van der Waals surface area (Å²) in [4.78, 5) is 11.5. The minimum absolute atomic E-state index is 0.494. The van der Waals surface area contributed by atoms with Crippen molar-refractivity contribution in [2.45, 2.75) is 38.5 Å². The summed E-state index contributed by atoms with van der Waals surface area (Å²) >= 11 is 0. The van der Waals surface area contributed by atoms with Crippen molar-refractivity contribution in [1.29, 1.82) is 0 Å². The molecule has 0 bridgehead atoms. The third kappa shape index (κ3) is 2.59. The number of hydrogen-bond acceptors (Lipinski definition) is 3. The Kier molecular flexibility index (Phi) is 3.54. The van der Waals surface area contributed by atoms with Gasteiger partial charge in [0, 0.05) is 17.8 Å². The molecule has 1 fully saturated rings. The molecule has 0 radical (unpaired) electrons. The highest BCUT2D eigenvalue weighted by atomic mass is 15.1. The van der Waals surface area contributed by atoms with E-state index in [1.165, 1.54) is 31.6 Å². The zero-order valence-corrected chi connectivity index (χ0v) is 10.5. The second-order valence-corrected chi connectivity index (χ2v) is 5.07. The van der Waals surface area contributed by atoms with E-state index in [0.29, 0.717) is 11.8 Å². The minimum Gasteiger partial charge on any atom is -0.306 e. The topological polar surface area (TPSA) is 29.0 Å². The van der Waals surface area contributed by atoms with Crippen molar-refractivity contribution in [3.05, 3.63) is 23.8 Å². The molecule has 3 heteroatoms. The predicted molar refractivity (Wildman–Crippen MR) is 65.6 cm³/mol. The second kappa shape index (κ2) is 4.91. The van der Waals surface area contributed by atoms with Gasteiger partial charge in [-0.15, -0.1) is 0 Å². The zero-order valence-electron chi connectivity index (χ0n) is 10.5. The van der Waals surface area contributed by atoms with E-state index in [2.05, 4.69) is 30.8 Å². The Bertz CT molecular complexity index is 341. The molecule has 2 rings (SSSR count). The first-order chi connectivity index (χ1) is 7.66. The number of rotatable bonds is 2. The summed E-state index contributed by atoms with van der Waals surface area (Å²) in [5, 5.41) is 0. The van der Waals surface area contributed by atoms with Crippen molar-refractivity contribution in [1.82, 2.24) is 14.9 Å². The van der Waals surface area contributed by atoms with Gasteiger partial charge < -0.3 is 4.90 Å². The van der Waals surface area contributed by atoms with Crippen LogP contribution < -0.4 is 0 Å². The van der Waals surface area contributed by atoms with Crippen molar-refractivity contribution < 1.29 is 0 Å². The largest absolute Gasteiger partial charge is 0.306 e. The van der Waals surface area contributed by atoms with Gasteiger partial charge in [0.25, 0.3) is 0 Å². The van der Waals surface area contributed by atoms with Gasteiger partial charge in [0.05, 0.1) is 0 Å². The Hall–Kier alpha value is -0.960. The molecule has 1 aliphatic heterocycles. The molecule has 1 aromatic rings. The van der Waals surface area contributed by atoms with Crippen molar-refractivity contribution in [2.24, 2.45) is 0 Å². The molecule has 0 spiro atoms. The number of aromatic nitrogens is 2. The SMILES string of the molecule is CC(C)c1ccnc(C2CCN(C)CC2)n1. The van der Waals surface area contributed by atoms with Gasteiger partial charge >= 0.3 is 0 Å². The number of piperidine rings is 1. The van der Waals surface area contributed by atoms with Gasteiger partial charge in [-0.25, -0.2) is 9.97 Å². The fourth-order valence-electron chi connectivity index (χ4n) is 2.17. The Morgan fingerprint density at radius 3 is 2.62 bits per heavy atom. The van der Waals surface area contributed by atoms with Crippen molar-refractivity contribution in [3.8, 4) is 0 Å². The van der Waals surface area contributed by atoms with Crippen LogP contribution >= 0.6 is 0 Å². The molecule has 0 amide bonds. The first-order valence-electron chi connectivity index (χ1n) is 6.18. The van der Waals surface area contributed by atoms with E-state index >= 15 is 0 Å². The normalized spacial score (nSPS) is 19.2. The maximum atomic E-state index is 4.69. The maximum Gasteiger partial charge on any atom is 0.131 e. The van der Waals surface area contributed by atoms with Gasteiger partial charge in [-0.05, 0) is 45.0 Å². The molecule has 1 saturated heterocycles. The Labute approximate surface area is 97.9 Å². The molecule has 0 aliphatic carbocycles. The number of nitrogens with zero attached hydrogens (tertiary/aromatic N) is 3. The van der Waals surface area contributed by atoms with Gasteiger partial charge in [-0.3, -0.25) is 0 Å². The average Bonchev–Trinajstić information content (AvgIpc) is 2.30. The molecule has 0 unspecified atom stereocenters. The van der Waals surface area contributed by atoms with Crippen LogP contribution in [0.25, 0.3) is 0 Å². The lowest BCUT2D eigenvalue weighted by atomic mass is 9.96. The van der Waals surface area contributed by atoms with Gasteiger partial charge in [0.2, 0.25) is 0 Å². The lowest BCUT2D eigenvalue weighted by molar-refractivity contribution is 0.251. The highest BCUT2D eigenvalue weighted by molar-refractivity contribution is 5.09. The van der Waals surface area contributed by atoms with Crippen LogP contribution in [0.15, 0.2) is 12.3 Å². The molecular formula is C13H21N3. The summed E-state index contributed by atoms with van der Waals surface area (Å²) < 4.78 is 0. The summed E-state index contributed by atoms with van der Waals surface area (Å²) in [6, 6.07) is 2.03. The summed E-state index contributed by atoms with van der Waals surface area (Å²) in [6.45, 7) is 6.70. The van der Waals surface area contributed by atoms with E-state index < -0.39 is 0 Å². The van der Waals surface area contributed by atoms with Gasteiger partial charge in [0.1, 0.15) is 5.82 Å². The molecular weight excluding hydrogens is 198 g/mol. The fourth-order valence-corrected chi connectivity index (χ4v) is 2.17. The number of likely N-dealkylation sites (tertiary alicyclic amines) is 1. The minimum atomic E-state index is 0.494. The first-order valence-corrected chi connectivity index (χ1v) is 6.18. The highest BCUT2D eigenvalue weighted by Gasteiger charge is 2.20. The molecule has 1 aliphatic rings. The van der Waals surface area contributed by atoms with Gasteiger partial charge in [0.15, 0.2) is 0 Å². The van der Waals surface area contributed by atoms with Crippen LogP contribution in [0, 0.1) is 0 Å². The summed E-state index contributed by atoms with van der Waals surface area (Å²) in [7, 11) is 2.18. The zero-order chi connectivity index (χ0) is 11.5. The van der Waals surface area contributed by atoms with E-state index in [4.69, 9.17) is 4.98 Å². The third-order valence-corrected chi connectivity index (χ3v) is 3.37. The second-order valence-electron chi connectivity index (χ2n) is 5.07. The molecule has 0 saturated carbocycles. The van der Waals surface area contributed by atoms with Crippen LogP contribution in [-0.4, -0.2) is 35.0 Å². The van der Waals surface area contributed by atoms with Crippen LogP contribution in [-0.2, 0) is 0 Å². The first kappa shape index (κ1) is 11.5. The molecule has 0 aromatic carbocycles. The quantitative estimate of drug-likeness (QED) is 0.765. The molecule has 0 atom stereocenters. The van der Waals surface area contributed by atoms with E-state index in [1.54, 1.807) is 0 Å². The van der Waals surface area contributed by atoms with E-state index in [-0.39, 0.29) is 0 Å². The van der Waals surface area contributed by atoms with Crippen LogP contribution in [0.2, 0.25) is 0 Å². The monoisotopic (exact) mass is 219 g/mol. The van der Waals surface area contributed by atoms with Crippen molar-refractivity contribution >= 4 is 0 Å². The Morgan fingerprint density at radius 1 is 1.31 bits per heavy atom. The van der Waals surface area contributed by atoms with E-state index in [9.17, 15) is 0 Å². The van der Waals surface area contributed by atoms with Gasteiger partial charge in [-0.1, -0.05) is 13.8 Å². The Morgan fingerprint density at radius 2 is 2.00 bits per heavy atom. The van der Waals surface area contributed by atoms with Crippen LogP contribution in [0.4, 0.5) is 0 Å². The van der Waals surface area contributed by atoms with E-state index in [1.807, 2.05) is 12.3 Å². The third-order valence-electron chi connectivity index (χ3n) is 3.37. The number of hydrogen-bond donors (Lipinski definition) is 0. The van der Waals surface area contributed by atoms with Crippen molar-refractivity contribution in [3.63, 3.8) is 0 Å². The fraction of sp³-hybridized carbons (Fsp3) is 0.692. The lowest BCUT2D eigenvalue weighted by Gasteiger charge is -2.28. The molecule has 1 aromatic heterocycles. The molecule has 88 valence electrons. The lowest BCUT2D eigenvalue weighted by Crippen LogP contribution is -2.30. The highest BCUT2D eigenvalue weighted by Crippen LogP contribution is 2.25. The summed E-state index contributed by atoms with van der Waals surface area (Å²) in [5.41, 5.74) is 1.17. The molecule has 3 nitrogen and oxygen atoms in total. The summed E-state index contributed by atoms with van der Waals surface area (Å²) in [6.07, 6.45) is 4.30. The van der Waals surface area contributed by atoms with Crippen LogP contribution in [0.3, 0.4) is 0 Å². The van der Waals surface area contributed by atoms with Crippen molar-refractivity contribution in [2.75, 3.05) is 20.1 Å². The van der Waals surface area contributed by atoms with Gasteiger partial charge in [-0.2, -0.15) is 0 Å². The molecule has 0 N–H and O–H groups in total. The maximum absolute atomic E-state index is 4.69. The summed E-state index contributed by atoms with van der Waals surface area (Å²) in [5.74, 6) is 2.11. The standard InChI is InChI=1S/C13H21N3/c1-10(2)12-4-7-14-13(15-12)11-5-8-16(3)9-6-11/h4,7,10-11H,5-6,8-9H2,1-3H3. The van der Waals surface area contributed by atoms with Crippen LogP contribution in [0.5, 0.6) is 0 Å².